The van der Waals surface area contributed by atoms with Gasteiger partial charge in [-0.2, -0.15) is 0 Å². The first-order valence-electron chi connectivity index (χ1n) is 7.60. The summed E-state index contributed by atoms with van der Waals surface area (Å²) in [5, 5.41) is 3.15. The summed E-state index contributed by atoms with van der Waals surface area (Å²) in [5.41, 5.74) is 9.42. The van der Waals surface area contributed by atoms with Crippen LogP contribution in [0.5, 0.6) is 0 Å². The van der Waals surface area contributed by atoms with Crippen LogP contribution in [0, 0.1) is 0 Å². The Hall–Kier alpha value is -1.55. The highest BCUT2D eigenvalue weighted by Crippen LogP contribution is 2.24. The predicted octanol–water partition coefficient (Wildman–Crippen LogP) is 1.69. The second-order valence-electron chi connectivity index (χ2n) is 5.99. The van der Waals surface area contributed by atoms with Crippen LogP contribution >= 0.6 is 0 Å². The molecule has 0 bridgehead atoms. The van der Waals surface area contributed by atoms with Crippen LogP contribution in [0.1, 0.15) is 36.8 Å². The van der Waals surface area contributed by atoms with Gasteiger partial charge in [-0.05, 0) is 36.5 Å². The zero-order chi connectivity index (χ0) is 13.9. The first-order valence-corrected chi connectivity index (χ1v) is 7.60. The molecule has 1 saturated carbocycles. The third-order valence-electron chi connectivity index (χ3n) is 4.48. The number of rotatable bonds is 3. The van der Waals surface area contributed by atoms with Gasteiger partial charge in [0.2, 0.25) is 5.91 Å². The monoisotopic (exact) mass is 273 g/mol. The minimum absolute atomic E-state index is 0.162. The Morgan fingerprint density at radius 3 is 2.95 bits per heavy atom. The number of hydrogen-bond acceptors (Lipinski definition) is 3. The summed E-state index contributed by atoms with van der Waals surface area (Å²) in [7, 11) is 0. The predicted molar refractivity (Wildman–Crippen MR) is 80.2 cm³/mol. The normalized spacial score (nSPS) is 19.8. The number of anilines is 1. The summed E-state index contributed by atoms with van der Waals surface area (Å²) < 4.78 is 0. The van der Waals surface area contributed by atoms with E-state index in [-0.39, 0.29) is 5.91 Å². The SMILES string of the molecule is Nc1cccc2c1CN(CC(=O)NC1CCCC1)CC2. The standard InChI is InChI=1S/C16H23N3O/c17-15-7-3-4-12-8-9-19(10-14(12)15)11-16(20)18-13-5-1-2-6-13/h3-4,7,13H,1-2,5-6,8-11,17H2,(H,18,20). The molecule has 0 atom stereocenters. The Bertz CT molecular complexity index is 494. The van der Waals surface area contributed by atoms with Crippen LogP contribution in [0.3, 0.4) is 0 Å². The van der Waals surface area contributed by atoms with Gasteiger partial charge in [0, 0.05) is 24.8 Å². The Balaban J connectivity index is 1.57. The molecule has 1 fully saturated rings. The van der Waals surface area contributed by atoms with Gasteiger partial charge in [-0.25, -0.2) is 0 Å². The molecule has 0 saturated heterocycles. The molecule has 0 spiro atoms. The minimum Gasteiger partial charge on any atom is -0.398 e. The molecule has 2 aliphatic rings. The van der Waals surface area contributed by atoms with Gasteiger partial charge in [-0.1, -0.05) is 25.0 Å². The van der Waals surface area contributed by atoms with Gasteiger partial charge in [-0.15, -0.1) is 0 Å². The Morgan fingerprint density at radius 2 is 2.15 bits per heavy atom. The Morgan fingerprint density at radius 1 is 1.35 bits per heavy atom. The van der Waals surface area contributed by atoms with Crippen molar-refractivity contribution in [3.8, 4) is 0 Å². The molecule has 1 aliphatic heterocycles. The molecule has 20 heavy (non-hydrogen) atoms. The summed E-state index contributed by atoms with van der Waals surface area (Å²) in [6.45, 7) is 2.22. The molecule has 0 unspecified atom stereocenters. The van der Waals surface area contributed by atoms with E-state index in [9.17, 15) is 4.79 Å². The molecule has 1 heterocycles. The van der Waals surface area contributed by atoms with Crippen molar-refractivity contribution in [1.82, 2.24) is 10.2 Å². The van der Waals surface area contributed by atoms with E-state index in [1.165, 1.54) is 24.0 Å². The van der Waals surface area contributed by atoms with Crippen LogP contribution in [-0.2, 0) is 17.8 Å². The molecule has 3 N–H and O–H groups in total. The fraction of sp³-hybridized carbons (Fsp3) is 0.562. The van der Waals surface area contributed by atoms with Crippen molar-refractivity contribution in [1.29, 1.82) is 0 Å². The van der Waals surface area contributed by atoms with Crippen LogP contribution in [-0.4, -0.2) is 29.9 Å². The van der Waals surface area contributed by atoms with Gasteiger partial charge in [0.15, 0.2) is 0 Å². The molecule has 3 rings (SSSR count). The van der Waals surface area contributed by atoms with Crippen molar-refractivity contribution in [3.63, 3.8) is 0 Å². The highest BCUT2D eigenvalue weighted by Gasteiger charge is 2.22. The largest absolute Gasteiger partial charge is 0.398 e. The molecule has 1 aliphatic carbocycles. The van der Waals surface area contributed by atoms with Crippen LogP contribution in [0.25, 0.3) is 0 Å². The lowest BCUT2D eigenvalue weighted by atomic mass is 9.98. The smallest absolute Gasteiger partial charge is 0.234 e. The van der Waals surface area contributed by atoms with E-state index in [0.29, 0.717) is 12.6 Å². The second kappa shape index (κ2) is 5.83. The summed E-state index contributed by atoms with van der Waals surface area (Å²) in [5.74, 6) is 0.162. The van der Waals surface area contributed by atoms with Crippen molar-refractivity contribution in [2.24, 2.45) is 0 Å². The lowest BCUT2D eigenvalue weighted by Crippen LogP contribution is -2.43. The van der Waals surface area contributed by atoms with E-state index in [4.69, 9.17) is 5.73 Å². The zero-order valence-electron chi connectivity index (χ0n) is 11.9. The van der Waals surface area contributed by atoms with Gasteiger partial charge in [0.05, 0.1) is 6.54 Å². The zero-order valence-corrected chi connectivity index (χ0v) is 11.9. The molecular weight excluding hydrogens is 250 g/mol. The number of carbonyl (C=O) groups is 1. The Kier molecular flexibility index (Phi) is 3.92. The molecule has 4 nitrogen and oxygen atoms in total. The molecule has 4 heteroatoms. The van der Waals surface area contributed by atoms with Gasteiger partial charge in [-0.3, -0.25) is 9.69 Å². The maximum absolute atomic E-state index is 12.1. The molecule has 0 radical (unpaired) electrons. The van der Waals surface area contributed by atoms with E-state index < -0.39 is 0 Å². The minimum atomic E-state index is 0.162. The van der Waals surface area contributed by atoms with E-state index >= 15 is 0 Å². The summed E-state index contributed by atoms with van der Waals surface area (Å²) in [6.07, 6.45) is 5.76. The topological polar surface area (TPSA) is 58.4 Å². The van der Waals surface area contributed by atoms with E-state index in [2.05, 4.69) is 16.3 Å². The number of nitrogen functional groups attached to an aromatic ring is 1. The van der Waals surface area contributed by atoms with Crippen LogP contribution < -0.4 is 11.1 Å². The number of fused-ring (bicyclic) bond motifs is 1. The van der Waals surface area contributed by atoms with Gasteiger partial charge in [0.25, 0.3) is 0 Å². The van der Waals surface area contributed by atoms with Gasteiger partial charge in [0.1, 0.15) is 0 Å². The van der Waals surface area contributed by atoms with Gasteiger partial charge >= 0.3 is 0 Å². The number of hydrogen-bond donors (Lipinski definition) is 2. The number of nitrogens with two attached hydrogens (primary N) is 1. The molecule has 1 aromatic rings. The molecule has 1 amide bonds. The fourth-order valence-electron chi connectivity index (χ4n) is 3.34. The highest BCUT2D eigenvalue weighted by atomic mass is 16.2. The summed E-state index contributed by atoms with van der Waals surface area (Å²) in [6, 6.07) is 6.50. The highest BCUT2D eigenvalue weighted by molar-refractivity contribution is 5.78. The first kappa shape index (κ1) is 13.4. The number of nitrogens with one attached hydrogen (secondary N) is 1. The number of nitrogens with zero attached hydrogens (tertiary/aromatic N) is 1. The van der Waals surface area contributed by atoms with E-state index in [1.807, 2.05) is 12.1 Å². The maximum Gasteiger partial charge on any atom is 0.234 e. The second-order valence-corrected chi connectivity index (χ2v) is 5.99. The third kappa shape index (κ3) is 2.96. The first-order chi connectivity index (χ1) is 9.72. The summed E-state index contributed by atoms with van der Waals surface area (Å²) in [4.78, 5) is 14.3. The van der Waals surface area contributed by atoms with Crippen LogP contribution in [0.15, 0.2) is 18.2 Å². The molecular formula is C16H23N3O. The van der Waals surface area contributed by atoms with Crippen LogP contribution in [0.4, 0.5) is 5.69 Å². The quantitative estimate of drug-likeness (QED) is 0.824. The van der Waals surface area contributed by atoms with Crippen molar-refractivity contribution in [2.75, 3.05) is 18.8 Å². The lowest BCUT2D eigenvalue weighted by molar-refractivity contribution is -0.123. The van der Waals surface area contributed by atoms with Crippen molar-refractivity contribution in [2.45, 2.75) is 44.7 Å². The Labute approximate surface area is 120 Å². The van der Waals surface area contributed by atoms with Crippen molar-refractivity contribution < 1.29 is 4.79 Å². The fourth-order valence-corrected chi connectivity index (χ4v) is 3.34. The number of benzene rings is 1. The summed E-state index contributed by atoms with van der Waals surface area (Å²) >= 11 is 0. The van der Waals surface area contributed by atoms with Gasteiger partial charge < -0.3 is 11.1 Å². The van der Waals surface area contributed by atoms with E-state index in [0.717, 1.165) is 38.0 Å². The average molecular weight is 273 g/mol. The number of carbonyl (C=O) groups excluding carboxylic acids is 1. The third-order valence-corrected chi connectivity index (χ3v) is 4.48. The lowest BCUT2D eigenvalue weighted by Gasteiger charge is -2.29. The van der Waals surface area contributed by atoms with E-state index in [1.54, 1.807) is 0 Å². The number of amides is 1. The maximum atomic E-state index is 12.1. The molecule has 108 valence electrons. The molecule has 0 aromatic heterocycles. The average Bonchev–Trinajstić information content (AvgIpc) is 2.92. The van der Waals surface area contributed by atoms with Crippen molar-refractivity contribution >= 4 is 11.6 Å². The molecule has 1 aromatic carbocycles. The van der Waals surface area contributed by atoms with Crippen LogP contribution in [0.2, 0.25) is 0 Å². The van der Waals surface area contributed by atoms with Crippen molar-refractivity contribution in [3.05, 3.63) is 29.3 Å².